The summed E-state index contributed by atoms with van der Waals surface area (Å²) < 4.78 is 41.8. The van der Waals surface area contributed by atoms with Gasteiger partial charge in [-0.25, -0.2) is 14.4 Å². The van der Waals surface area contributed by atoms with Crippen LogP contribution in [0.2, 0.25) is 0 Å². The number of Topliss-reactive ketones (excluding diaryl/α,β-unsaturated/α-hetero) is 1. The number of fused-ring (bicyclic) bond motifs is 3. The number of aliphatic hydroxyl groups excluding tert-OH is 2. The summed E-state index contributed by atoms with van der Waals surface area (Å²) in [6, 6.07) is 11.0. The number of nitrogens with one attached hydrogen (secondary N) is 1. The number of carbonyl (C=O) groups is 6. The number of hydrogen-bond donors (Lipinski definition) is 4. The third-order valence-corrected chi connectivity index (χ3v) is 13.8. The van der Waals surface area contributed by atoms with E-state index in [9.17, 15) is 39.3 Å². The minimum absolute atomic E-state index is 0.0251. The van der Waals surface area contributed by atoms with Gasteiger partial charge in [-0.2, -0.15) is 0 Å². The van der Waals surface area contributed by atoms with E-state index in [0.717, 1.165) is 6.92 Å². The van der Waals surface area contributed by atoms with E-state index in [2.05, 4.69) is 5.32 Å². The first kappa shape index (κ1) is 47.3. The van der Waals surface area contributed by atoms with Gasteiger partial charge in [-0.1, -0.05) is 56.3 Å². The van der Waals surface area contributed by atoms with Crippen LogP contribution >= 0.6 is 0 Å². The number of ketones is 1. The van der Waals surface area contributed by atoms with Crippen LogP contribution in [0.5, 0.6) is 5.75 Å². The Morgan fingerprint density at radius 3 is 2.32 bits per heavy atom. The second kappa shape index (κ2) is 17.0. The van der Waals surface area contributed by atoms with Gasteiger partial charge in [-0.05, 0) is 75.1 Å². The number of methoxy groups -OCH3 is 1. The zero-order valence-electron chi connectivity index (χ0n) is 37.9. The van der Waals surface area contributed by atoms with Crippen LogP contribution in [0.4, 0.5) is 4.79 Å². The maximum atomic E-state index is 15.7. The van der Waals surface area contributed by atoms with E-state index in [0.29, 0.717) is 11.3 Å². The molecule has 4 bridgehead atoms. The number of amides is 1. The molecule has 65 heavy (non-hydrogen) atoms. The molecule has 0 unspecified atom stereocenters. The first-order valence-electron chi connectivity index (χ1n) is 21.5. The van der Waals surface area contributed by atoms with Gasteiger partial charge in [0.1, 0.15) is 35.3 Å². The van der Waals surface area contributed by atoms with E-state index in [1.54, 1.807) is 71.0 Å². The zero-order chi connectivity index (χ0) is 47.6. The molecule has 3 aliphatic carbocycles. The van der Waals surface area contributed by atoms with Crippen molar-refractivity contribution in [2.45, 2.75) is 134 Å². The van der Waals surface area contributed by atoms with Crippen molar-refractivity contribution in [2.75, 3.05) is 13.7 Å². The number of aliphatic hydroxyl groups is 3. The van der Waals surface area contributed by atoms with Crippen LogP contribution in [0.15, 0.2) is 65.8 Å². The van der Waals surface area contributed by atoms with Gasteiger partial charge >= 0.3 is 30.0 Å². The highest BCUT2D eigenvalue weighted by atomic mass is 16.6. The van der Waals surface area contributed by atoms with Crippen molar-refractivity contribution in [3.63, 3.8) is 0 Å². The highest BCUT2D eigenvalue weighted by Crippen LogP contribution is 2.64. The highest BCUT2D eigenvalue weighted by Gasteiger charge is 2.78. The molecule has 17 nitrogen and oxygen atoms in total. The molecular formula is C48H57NO16. The molecule has 2 saturated carbocycles. The second-order valence-electron chi connectivity index (χ2n) is 19.2. The quantitative estimate of drug-likeness (QED) is 0.186. The Kier molecular flexibility index (Phi) is 12.4. The molecule has 350 valence electrons. The molecule has 2 aromatic carbocycles. The Hall–Kier alpha value is -5.62. The van der Waals surface area contributed by atoms with Crippen molar-refractivity contribution < 1.29 is 77.2 Å². The largest absolute Gasteiger partial charge is 0.497 e. The number of ether oxygens (including phenoxy) is 7. The molecule has 1 spiro atoms. The van der Waals surface area contributed by atoms with Gasteiger partial charge in [-0.15, -0.1) is 0 Å². The summed E-state index contributed by atoms with van der Waals surface area (Å²) in [6.45, 7) is 11.6. The summed E-state index contributed by atoms with van der Waals surface area (Å²) in [5.41, 5.74) is -8.38. The Labute approximate surface area is 376 Å². The van der Waals surface area contributed by atoms with Crippen molar-refractivity contribution in [1.29, 1.82) is 0 Å². The van der Waals surface area contributed by atoms with E-state index in [1.165, 1.54) is 45.2 Å². The van der Waals surface area contributed by atoms with Gasteiger partial charge in [0.2, 0.25) is 0 Å². The van der Waals surface area contributed by atoms with Crippen LogP contribution in [0.25, 0.3) is 6.08 Å². The number of hydrogen-bond acceptors (Lipinski definition) is 16. The Morgan fingerprint density at radius 2 is 1.68 bits per heavy atom. The molecule has 2 aromatic rings. The van der Waals surface area contributed by atoms with E-state index in [4.69, 9.17) is 33.2 Å². The van der Waals surface area contributed by atoms with Crippen LogP contribution in [-0.4, -0.2) is 118 Å². The molecule has 3 fully saturated rings. The number of esters is 4. The maximum Gasteiger partial charge on any atom is 0.408 e. The minimum atomic E-state index is -2.44. The number of rotatable bonds is 5. The molecule has 4 N–H and O–H groups in total. The lowest BCUT2D eigenvalue weighted by Gasteiger charge is -2.67. The average Bonchev–Trinajstić information content (AvgIpc) is 3.22. The highest BCUT2D eigenvalue weighted by molar-refractivity contribution is 5.96. The van der Waals surface area contributed by atoms with Gasteiger partial charge in [-0.3, -0.25) is 14.4 Å². The molecule has 7 rings (SSSR count). The number of benzene rings is 2. The molecular weight excluding hydrogens is 847 g/mol. The number of carbonyl (C=O) groups excluding carboxylic acids is 6. The van der Waals surface area contributed by atoms with Crippen LogP contribution in [0.3, 0.4) is 0 Å². The third kappa shape index (κ3) is 8.10. The molecule has 17 heteroatoms. The molecule has 0 radical (unpaired) electrons. The predicted molar refractivity (Wildman–Crippen MR) is 228 cm³/mol. The Morgan fingerprint density at radius 1 is 0.969 bits per heavy atom. The lowest BCUT2D eigenvalue weighted by molar-refractivity contribution is -0.346. The van der Waals surface area contributed by atoms with E-state index >= 15 is 4.79 Å². The van der Waals surface area contributed by atoms with Gasteiger partial charge in [0, 0.05) is 25.2 Å². The maximum absolute atomic E-state index is 15.7. The Balaban J connectivity index is 1.50. The molecule has 11 atom stereocenters. The van der Waals surface area contributed by atoms with Crippen LogP contribution in [-0.2, 0) is 47.6 Å². The lowest BCUT2D eigenvalue weighted by Crippen LogP contribution is -2.82. The van der Waals surface area contributed by atoms with Crippen molar-refractivity contribution >= 4 is 41.8 Å². The average molecular weight is 904 g/mol. The van der Waals surface area contributed by atoms with Crippen molar-refractivity contribution in [3.8, 4) is 5.75 Å². The van der Waals surface area contributed by atoms with E-state index < -0.39 is 125 Å². The van der Waals surface area contributed by atoms with E-state index in [1.807, 2.05) is 0 Å². The summed E-state index contributed by atoms with van der Waals surface area (Å²) in [4.78, 5) is 85.4. The molecule has 5 aliphatic rings. The fourth-order valence-electron chi connectivity index (χ4n) is 10.5. The molecule has 2 aliphatic heterocycles. The molecule has 0 aromatic heterocycles. The van der Waals surface area contributed by atoms with Gasteiger partial charge in [0.15, 0.2) is 23.6 Å². The van der Waals surface area contributed by atoms with E-state index in [-0.39, 0.29) is 35.3 Å². The monoisotopic (exact) mass is 903 g/mol. The molecule has 2 heterocycles. The lowest BCUT2D eigenvalue weighted by atomic mass is 9.44. The molecule has 1 amide bonds. The standard InChI is InChI=1S/C48H57NO16/c1-24-30-22-48(58)40(63-41(55)27-16-12-17-28(20-27)59-9)38-46(8,39(54)37(61-25(2)50)34(24)45(48,6)7)31(51)21-32-47(38,23-60-32)64-33(52)19-13-15-26-14-10-11-18-29(26)35(36(53)42(56)62-30)49-43(57)65-44(3,4)5/h10-18,20,30-32,35-38,40,51,53,58H,19,21-23H2,1-9H3,(H,49,57)/b15-13+/t30-,31-,32+,35-,36+,37+,38-,40-,46+,47-,48+/m0/s1. The smallest absolute Gasteiger partial charge is 0.408 e. The summed E-state index contributed by atoms with van der Waals surface area (Å²) in [7, 11) is 1.40. The van der Waals surface area contributed by atoms with Gasteiger partial charge < -0.3 is 53.8 Å². The minimum Gasteiger partial charge on any atom is -0.497 e. The summed E-state index contributed by atoms with van der Waals surface area (Å²) in [5.74, 6) is -6.21. The summed E-state index contributed by atoms with van der Waals surface area (Å²) in [6.07, 6.45) is -9.32. The van der Waals surface area contributed by atoms with Gasteiger partial charge in [0.05, 0.1) is 49.2 Å². The normalized spacial score (nSPS) is 34.7. The predicted octanol–water partition coefficient (Wildman–Crippen LogP) is 4.24. The first-order chi connectivity index (χ1) is 30.4. The summed E-state index contributed by atoms with van der Waals surface area (Å²) in [5, 5.41) is 40.6. The topological polar surface area (TPSA) is 240 Å². The summed E-state index contributed by atoms with van der Waals surface area (Å²) >= 11 is 0. The Bertz CT molecular complexity index is 2350. The van der Waals surface area contributed by atoms with Crippen LogP contribution < -0.4 is 10.1 Å². The van der Waals surface area contributed by atoms with Crippen molar-refractivity contribution in [1.82, 2.24) is 5.32 Å². The second-order valence-corrected chi connectivity index (χ2v) is 19.2. The van der Waals surface area contributed by atoms with Crippen molar-refractivity contribution in [3.05, 3.63) is 82.4 Å². The zero-order valence-corrected chi connectivity index (χ0v) is 37.9. The SMILES string of the molecule is COc1cccc(C(=O)O[C@H]2[C@@H]3[C@]45CO[C@@H]4C[C@H](O)[C@@]3(C)C(=O)[C@H](OC(C)=O)C3=C(C)[C@H](C[C@]2(O)C3(C)C)OC(=O)[C@H](O)[C@@H](NC(=O)OC(C)(C)C)c2ccccc2/C=C/CC(=O)O5)c1. The number of alkyl carbamates (subject to hydrolysis) is 1. The van der Waals surface area contributed by atoms with Crippen LogP contribution in [0, 0.1) is 16.7 Å². The first-order valence-corrected chi connectivity index (χ1v) is 21.5. The van der Waals surface area contributed by atoms with Crippen LogP contribution in [0.1, 0.15) is 102 Å². The van der Waals surface area contributed by atoms with Crippen molar-refractivity contribution in [2.24, 2.45) is 16.7 Å². The third-order valence-electron chi connectivity index (χ3n) is 13.8. The molecule has 1 saturated heterocycles. The fraction of sp³-hybridized carbons (Fsp3) is 0.542. The fourth-order valence-corrected chi connectivity index (χ4v) is 10.5. The van der Waals surface area contributed by atoms with Gasteiger partial charge in [0.25, 0.3) is 0 Å².